The van der Waals surface area contributed by atoms with E-state index in [0.29, 0.717) is 13.2 Å². The van der Waals surface area contributed by atoms with E-state index in [2.05, 4.69) is 0 Å². The van der Waals surface area contributed by atoms with Crippen LogP contribution in [0.3, 0.4) is 0 Å². The molecule has 4 nitrogen and oxygen atoms in total. The van der Waals surface area contributed by atoms with Gasteiger partial charge in [0.25, 0.3) is 0 Å². The molecule has 0 spiro atoms. The minimum absolute atomic E-state index is 0.0255. The van der Waals surface area contributed by atoms with Crippen LogP contribution in [0.1, 0.15) is 18.5 Å². The average molecular weight is 251 g/mol. The standard InChI is InChI=1S/C14H21NO3/c1-12(13-7-5-4-6-8-13)15(2)14(16)11-18-10-9-17-3/h4-8,12H,9-11H2,1-3H3. The van der Waals surface area contributed by atoms with Crippen molar-refractivity contribution in [3.63, 3.8) is 0 Å². The Hall–Kier alpha value is -1.39. The molecule has 0 N–H and O–H groups in total. The molecule has 0 aromatic heterocycles. The summed E-state index contributed by atoms with van der Waals surface area (Å²) in [6.07, 6.45) is 0. The summed E-state index contributed by atoms with van der Waals surface area (Å²) in [4.78, 5) is 13.6. The maximum absolute atomic E-state index is 11.9. The summed E-state index contributed by atoms with van der Waals surface area (Å²) in [6.45, 7) is 3.04. The van der Waals surface area contributed by atoms with Crippen molar-refractivity contribution in [2.75, 3.05) is 34.0 Å². The van der Waals surface area contributed by atoms with Gasteiger partial charge in [0, 0.05) is 14.2 Å². The summed E-state index contributed by atoms with van der Waals surface area (Å²) >= 11 is 0. The third kappa shape index (κ3) is 4.47. The molecule has 100 valence electrons. The van der Waals surface area contributed by atoms with Gasteiger partial charge < -0.3 is 14.4 Å². The summed E-state index contributed by atoms with van der Waals surface area (Å²) in [5.41, 5.74) is 1.12. The fourth-order valence-corrected chi connectivity index (χ4v) is 1.57. The van der Waals surface area contributed by atoms with Gasteiger partial charge >= 0.3 is 0 Å². The van der Waals surface area contributed by atoms with Crippen LogP contribution < -0.4 is 0 Å². The molecule has 0 aliphatic heterocycles. The molecule has 0 saturated heterocycles. The maximum atomic E-state index is 11.9. The van der Waals surface area contributed by atoms with Crippen LogP contribution in [0.15, 0.2) is 30.3 Å². The first kappa shape index (κ1) is 14.7. The van der Waals surface area contributed by atoms with Crippen LogP contribution in [-0.4, -0.2) is 44.8 Å². The van der Waals surface area contributed by atoms with Crippen molar-refractivity contribution in [2.24, 2.45) is 0 Å². The molecule has 1 aromatic rings. The Bertz CT molecular complexity index is 353. The van der Waals surface area contributed by atoms with Gasteiger partial charge in [-0.25, -0.2) is 0 Å². The number of carbonyl (C=O) groups excluding carboxylic acids is 1. The lowest BCUT2D eigenvalue weighted by Crippen LogP contribution is -2.33. The number of methoxy groups -OCH3 is 1. The number of hydrogen-bond donors (Lipinski definition) is 0. The van der Waals surface area contributed by atoms with Gasteiger partial charge in [-0.3, -0.25) is 4.79 Å². The van der Waals surface area contributed by atoms with E-state index in [4.69, 9.17) is 9.47 Å². The van der Waals surface area contributed by atoms with E-state index in [-0.39, 0.29) is 18.6 Å². The zero-order chi connectivity index (χ0) is 13.4. The van der Waals surface area contributed by atoms with Crippen molar-refractivity contribution in [1.29, 1.82) is 0 Å². The van der Waals surface area contributed by atoms with Gasteiger partial charge in [-0.1, -0.05) is 30.3 Å². The normalized spacial score (nSPS) is 12.2. The third-order valence-corrected chi connectivity index (χ3v) is 2.91. The number of amides is 1. The monoisotopic (exact) mass is 251 g/mol. The van der Waals surface area contributed by atoms with Crippen molar-refractivity contribution in [3.05, 3.63) is 35.9 Å². The Kier molecular flexibility index (Phi) is 6.39. The van der Waals surface area contributed by atoms with Gasteiger partial charge in [0.2, 0.25) is 5.91 Å². The van der Waals surface area contributed by atoms with Crippen LogP contribution in [0.5, 0.6) is 0 Å². The van der Waals surface area contributed by atoms with E-state index in [1.54, 1.807) is 19.1 Å². The van der Waals surface area contributed by atoms with Crippen LogP contribution in [0, 0.1) is 0 Å². The number of ether oxygens (including phenoxy) is 2. The molecule has 0 bridgehead atoms. The number of nitrogens with zero attached hydrogens (tertiary/aromatic N) is 1. The van der Waals surface area contributed by atoms with Crippen LogP contribution in [0.4, 0.5) is 0 Å². The van der Waals surface area contributed by atoms with Crippen molar-refractivity contribution >= 4 is 5.91 Å². The SMILES string of the molecule is COCCOCC(=O)N(C)C(C)c1ccccc1. The topological polar surface area (TPSA) is 38.8 Å². The van der Waals surface area contributed by atoms with E-state index >= 15 is 0 Å². The first-order chi connectivity index (χ1) is 8.66. The van der Waals surface area contributed by atoms with Crippen molar-refractivity contribution < 1.29 is 14.3 Å². The number of likely N-dealkylation sites (N-methyl/N-ethyl adjacent to an activating group) is 1. The first-order valence-electron chi connectivity index (χ1n) is 6.04. The Morgan fingerprint density at radius 2 is 1.94 bits per heavy atom. The first-order valence-corrected chi connectivity index (χ1v) is 6.04. The summed E-state index contributed by atoms with van der Waals surface area (Å²) in [5, 5.41) is 0. The smallest absolute Gasteiger partial charge is 0.248 e. The van der Waals surface area contributed by atoms with Crippen LogP contribution >= 0.6 is 0 Å². The second-order valence-electron chi connectivity index (χ2n) is 4.14. The molecule has 0 aliphatic carbocycles. The number of rotatable bonds is 7. The van der Waals surface area contributed by atoms with Crippen LogP contribution in [-0.2, 0) is 14.3 Å². The Morgan fingerprint density at radius 1 is 1.28 bits per heavy atom. The predicted molar refractivity (Wildman–Crippen MR) is 70.3 cm³/mol. The zero-order valence-corrected chi connectivity index (χ0v) is 11.3. The molecule has 4 heteroatoms. The van der Waals surface area contributed by atoms with Gasteiger partial charge in [0.1, 0.15) is 6.61 Å². The molecule has 1 rings (SSSR count). The number of carbonyl (C=O) groups is 1. The molecular formula is C14H21NO3. The molecule has 0 fully saturated rings. The highest BCUT2D eigenvalue weighted by Crippen LogP contribution is 2.17. The van der Waals surface area contributed by atoms with E-state index in [1.165, 1.54) is 0 Å². The van der Waals surface area contributed by atoms with Crippen molar-refractivity contribution in [2.45, 2.75) is 13.0 Å². The molecule has 1 amide bonds. The molecule has 0 aliphatic rings. The zero-order valence-electron chi connectivity index (χ0n) is 11.3. The highest BCUT2D eigenvalue weighted by molar-refractivity contribution is 5.77. The molecule has 1 unspecified atom stereocenters. The molecule has 0 heterocycles. The van der Waals surface area contributed by atoms with E-state index in [9.17, 15) is 4.79 Å². The lowest BCUT2D eigenvalue weighted by molar-refractivity contribution is -0.137. The van der Waals surface area contributed by atoms with E-state index in [1.807, 2.05) is 37.3 Å². The number of hydrogen-bond acceptors (Lipinski definition) is 3. The lowest BCUT2D eigenvalue weighted by Gasteiger charge is -2.25. The quantitative estimate of drug-likeness (QED) is 0.694. The van der Waals surface area contributed by atoms with Gasteiger partial charge in [-0.15, -0.1) is 0 Å². The van der Waals surface area contributed by atoms with Gasteiger partial charge in [0.15, 0.2) is 0 Å². The molecular weight excluding hydrogens is 230 g/mol. The summed E-state index contributed by atoms with van der Waals surface area (Å²) in [5.74, 6) is -0.0255. The van der Waals surface area contributed by atoms with Crippen molar-refractivity contribution in [1.82, 2.24) is 4.90 Å². The van der Waals surface area contributed by atoms with Crippen LogP contribution in [0.2, 0.25) is 0 Å². The molecule has 0 saturated carbocycles. The fourth-order valence-electron chi connectivity index (χ4n) is 1.57. The Labute approximate surface area is 108 Å². The van der Waals surface area contributed by atoms with Crippen LogP contribution in [0.25, 0.3) is 0 Å². The molecule has 1 aromatic carbocycles. The Balaban J connectivity index is 2.43. The van der Waals surface area contributed by atoms with Gasteiger partial charge in [-0.2, -0.15) is 0 Å². The summed E-state index contributed by atoms with van der Waals surface area (Å²) in [7, 11) is 3.40. The molecule has 18 heavy (non-hydrogen) atoms. The maximum Gasteiger partial charge on any atom is 0.248 e. The third-order valence-electron chi connectivity index (χ3n) is 2.91. The minimum Gasteiger partial charge on any atom is -0.382 e. The highest BCUT2D eigenvalue weighted by Gasteiger charge is 2.16. The summed E-state index contributed by atoms with van der Waals surface area (Å²) < 4.78 is 10.1. The second-order valence-corrected chi connectivity index (χ2v) is 4.14. The molecule has 1 atom stereocenters. The Morgan fingerprint density at radius 3 is 2.56 bits per heavy atom. The van der Waals surface area contributed by atoms with Crippen molar-refractivity contribution in [3.8, 4) is 0 Å². The average Bonchev–Trinajstić information content (AvgIpc) is 2.42. The minimum atomic E-state index is -0.0255. The second kappa shape index (κ2) is 7.84. The lowest BCUT2D eigenvalue weighted by atomic mass is 10.1. The predicted octanol–water partition coefficient (Wildman–Crippen LogP) is 1.87. The summed E-state index contributed by atoms with van der Waals surface area (Å²) in [6, 6.07) is 9.98. The largest absolute Gasteiger partial charge is 0.382 e. The van der Waals surface area contributed by atoms with E-state index < -0.39 is 0 Å². The fraction of sp³-hybridized carbons (Fsp3) is 0.500. The van der Waals surface area contributed by atoms with E-state index in [0.717, 1.165) is 5.56 Å². The molecule has 0 radical (unpaired) electrons. The van der Waals surface area contributed by atoms with Gasteiger partial charge in [0.05, 0.1) is 19.3 Å². The van der Waals surface area contributed by atoms with Gasteiger partial charge in [-0.05, 0) is 12.5 Å². The number of benzene rings is 1. The highest BCUT2D eigenvalue weighted by atomic mass is 16.5.